The fourth-order valence-corrected chi connectivity index (χ4v) is 3.62. The zero-order valence-electron chi connectivity index (χ0n) is 13.0. The average molecular weight is 308 g/mol. The summed E-state index contributed by atoms with van der Waals surface area (Å²) in [6.07, 6.45) is 6.76. The second-order valence-corrected chi connectivity index (χ2v) is 6.46. The molecule has 1 amide bonds. The second-order valence-electron chi connectivity index (χ2n) is 6.46. The van der Waals surface area contributed by atoms with E-state index in [1.165, 1.54) is 18.3 Å². The van der Waals surface area contributed by atoms with Gasteiger partial charge in [0.05, 0.1) is 5.69 Å². The summed E-state index contributed by atoms with van der Waals surface area (Å²) in [4.78, 5) is 20.9. The molecule has 1 aromatic heterocycles. The number of fused-ring (bicyclic) bond motifs is 1. The van der Waals surface area contributed by atoms with Crippen molar-refractivity contribution < 1.29 is 4.79 Å². The van der Waals surface area contributed by atoms with Gasteiger partial charge in [-0.25, -0.2) is 9.97 Å². The molecule has 1 atom stereocenters. The summed E-state index contributed by atoms with van der Waals surface area (Å²) in [7, 11) is 0. The summed E-state index contributed by atoms with van der Waals surface area (Å²) in [6.45, 7) is 1.32. The van der Waals surface area contributed by atoms with Crippen LogP contribution in [0.3, 0.4) is 0 Å². The van der Waals surface area contributed by atoms with E-state index in [1.54, 1.807) is 6.20 Å². The molecule has 1 aliphatic carbocycles. The largest absolute Gasteiger partial charge is 0.354 e. The van der Waals surface area contributed by atoms with E-state index in [9.17, 15) is 4.79 Å². The third-order valence-corrected chi connectivity index (χ3v) is 5.17. The van der Waals surface area contributed by atoms with E-state index in [0.717, 1.165) is 24.1 Å². The van der Waals surface area contributed by atoms with Crippen molar-refractivity contribution in [3.05, 3.63) is 59.7 Å². The van der Waals surface area contributed by atoms with Crippen LogP contribution in [0, 0.1) is 0 Å². The van der Waals surface area contributed by atoms with Crippen LogP contribution < -0.4 is 10.6 Å². The first-order valence-electron chi connectivity index (χ1n) is 8.14. The predicted octanol–water partition coefficient (Wildman–Crippen LogP) is 1.86. The summed E-state index contributed by atoms with van der Waals surface area (Å²) < 4.78 is 0. The van der Waals surface area contributed by atoms with E-state index in [2.05, 4.69) is 44.9 Å². The number of benzene rings is 1. The number of amides is 1. The van der Waals surface area contributed by atoms with Crippen LogP contribution in [0.5, 0.6) is 0 Å². The number of rotatable bonds is 4. The molecule has 0 spiro atoms. The highest BCUT2D eigenvalue weighted by molar-refractivity contribution is 5.84. The Labute approximate surface area is 135 Å². The van der Waals surface area contributed by atoms with Gasteiger partial charge in [0.1, 0.15) is 12.4 Å². The highest BCUT2D eigenvalue weighted by atomic mass is 16.2. The van der Waals surface area contributed by atoms with Crippen molar-refractivity contribution in [1.82, 2.24) is 20.6 Å². The second kappa shape index (κ2) is 5.74. The van der Waals surface area contributed by atoms with Gasteiger partial charge < -0.3 is 5.32 Å². The fraction of sp³-hybridized carbons (Fsp3) is 0.389. The zero-order valence-corrected chi connectivity index (χ0v) is 13.0. The number of nitrogens with one attached hydrogen (secondary N) is 2. The van der Waals surface area contributed by atoms with Gasteiger partial charge in [-0.15, -0.1) is 0 Å². The Morgan fingerprint density at radius 1 is 1.30 bits per heavy atom. The molecule has 2 heterocycles. The zero-order chi connectivity index (χ0) is 15.7. The lowest BCUT2D eigenvalue weighted by Gasteiger charge is -2.42. The summed E-state index contributed by atoms with van der Waals surface area (Å²) in [5.74, 6) is 0.0146. The van der Waals surface area contributed by atoms with Crippen molar-refractivity contribution in [2.24, 2.45) is 0 Å². The molecule has 118 valence electrons. The van der Waals surface area contributed by atoms with Gasteiger partial charge in [0.2, 0.25) is 5.91 Å². The number of nitrogens with zero attached hydrogens (tertiary/aromatic N) is 2. The Balaban J connectivity index is 1.46. The lowest BCUT2D eigenvalue weighted by atomic mass is 9.64. The van der Waals surface area contributed by atoms with Gasteiger partial charge in [-0.05, 0) is 18.4 Å². The van der Waals surface area contributed by atoms with E-state index in [0.29, 0.717) is 13.1 Å². The highest BCUT2D eigenvalue weighted by Crippen LogP contribution is 2.43. The lowest BCUT2D eigenvalue weighted by Crippen LogP contribution is -2.47. The van der Waals surface area contributed by atoms with Crippen LogP contribution in [0.15, 0.2) is 42.9 Å². The molecule has 5 nitrogen and oxygen atoms in total. The molecule has 4 rings (SSSR count). The summed E-state index contributed by atoms with van der Waals surface area (Å²) in [6, 6.07) is 10.2. The van der Waals surface area contributed by atoms with Gasteiger partial charge in [-0.3, -0.25) is 10.1 Å². The predicted molar refractivity (Wildman–Crippen MR) is 86.6 cm³/mol. The van der Waals surface area contributed by atoms with Crippen molar-refractivity contribution in [3.63, 3.8) is 0 Å². The SMILES string of the molecule is O=C(NCC1(c2ccccc2)CCC1)C1NCc2ncncc21. The maximum atomic E-state index is 12.6. The number of carbonyl (C=O) groups is 1. The lowest BCUT2D eigenvalue weighted by molar-refractivity contribution is -0.123. The van der Waals surface area contributed by atoms with Crippen molar-refractivity contribution >= 4 is 5.91 Å². The molecular weight excluding hydrogens is 288 g/mol. The van der Waals surface area contributed by atoms with Crippen LogP contribution in [0.4, 0.5) is 0 Å². The molecule has 1 unspecified atom stereocenters. The Morgan fingerprint density at radius 2 is 2.13 bits per heavy atom. The third-order valence-electron chi connectivity index (χ3n) is 5.17. The number of hydrogen-bond donors (Lipinski definition) is 2. The molecule has 2 N–H and O–H groups in total. The van der Waals surface area contributed by atoms with Crippen LogP contribution in [0.2, 0.25) is 0 Å². The monoisotopic (exact) mass is 308 g/mol. The highest BCUT2D eigenvalue weighted by Gasteiger charge is 2.39. The molecule has 5 heteroatoms. The minimum Gasteiger partial charge on any atom is -0.354 e. The van der Waals surface area contributed by atoms with E-state index in [1.807, 2.05) is 6.07 Å². The van der Waals surface area contributed by atoms with Gasteiger partial charge in [-0.2, -0.15) is 0 Å². The minimum atomic E-state index is -0.334. The Bertz CT molecular complexity index is 712. The Hall–Kier alpha value is -2.27. The molecule has 0 saturated heterocycles. The fourth-order valence-electron chi connectivity index (χ4n) is 3.62. The van der Waals surface area contributed by atoms with E-state index < -0.39 is 0 Å². The van der Waals surface area contributed by atoms with Crippen molar-refractivity contribution in [3.8, 4) is 0 Å². The van der Waals surface area contributed by atoms with Crippen LogP contribution >= 0.6 is 0 Å². The van der Waals surface area contributed by atoms with Gasteiger partial charge in [-0.1, -0.05) is 36.8 Å². The van der Waals surface area contributed by atoms with E-state index in [-0.39, 0.29) is 17.4 Å². The Morgan fingerprint density at radius 3 is 2.87 bits per heavy atom. The smallest absolute Gasteiger partial charge is 0.241 e. The van der Waals surface area contributed by atoms with Crippen LogP contribution in [0.25, 0.3) is 0 Å². The van der Waals surface area contributed by atoms with Crippen LogP contribution in [0.1, 0.15) is 42.1 Å². The standard InChI is InChI=1S/C18H20N4O/c23-17(16-14-9-19-12-22-15(14)10-20-16)21-11-18(7-4-8-18)13-5-2-1-3-6-13/h1-3,5-6,9,12,16,20H,4,7-8,10-11H2,(H,21,23). The minimum absolute atomic E-state index is 0.0146. The Kier molecular flexibility index (Phi) is 3.58. The first-order chi connectivity index (χ1) is 11.3. The average Bonchev–Trinajstić information content (AvgIpc) is 2.99. The first-order valence-corrected chi connectivity index (χ1v) is 8.14. The van der Waals surface area contributed by atoms with Gasteiger partial charge in [0.15, 0.2) is 0 Å². The van der Waals surface area contributed by atoms with Crippen LogP contribution in [-0.2, 0) is 16.8 Å². The molecule has 23 heavy (non-hydrogen) atoms. The summed E-state index contributed by atoms with van der Waals surface area (Å²) in [5.41, 5.74) is 3.24. The number of aromatic nitrogens is 2. The maximum absolute atomic E-state index is 12.6. The first kappa shape index (κ1) is 14.3. The molecule has 1 aliphatic heterocycles. The molecule has 1 fully saturated rings. The number of hydrogen-bond acceptors (Lipinski definition) is 4. The number of carbonyl (C=O) groups excluding carboxylic acids is 1. The molecule has 2 aliphatic rings. The molecule has 0 bridgehead atoms. The van der Waals surface area contributed by atoms with Gasteiger partial charge in [0.25, 0.3) is 0 Å². The van der Waals surface area contributed by atoms with Crippen molar-refractivity contribution in [1.29, 1.82) is 0 Å². The van der Waals surface area contributed by atoms with E-state index in [4.69, 9.17) is 0 Å². The maximum Gasteiger partial charge on any atom is 0.241 e. The van der Waals surface area contributed by atoms with E-state index >= 15 is 0 Å². The van der Waals surface area contributed by atoms with Crippen molar-refractivity contribution in [2.45, 2.75) is 37.3 Å². The summed E-state index contributed by atoms with van der Waals surface area (Å²) >= 11 is 0. The topological polar surface area (TPSA) is 66.9 Å². The van der Waals surface area contributed by atoms with Crippen molar-refractivity contribution in [2.75, 3.05) is 6.54 Å². The normalized spacial score (nSPS) is 21.3. The molecule has 2 aromatic rings. The third kappa shape index (κ3) is 2.51. The molecular formula is C18H20N4O. The van der Waals surface area contributed by atoms with Gasteiger partial charge >= 0.3 is 0 Å². The molecule has 1 aromatic carbocycles. The quantitative estimate of drug-likeness (QED) is 0.905. The molecule has 1 saturated carbocycles. The molecule has 0 radical (unpaired) electrons. The summed E-state index contributed by atoms with van der Waals surface area (Å²) in [5, 5.41) is 6.37. The van der Waals surface area contributed by atoms with Gasteiger partial charge in [0, 0.05) is 30.3 Å². The van der Waals surface area contributed by atoms with Crippen LogP contribution in [-0.4, -0.2) is 22.4 Å².